The van der Waals surface area contributed by atoms with Gasteiger partial charge in [0.15, 0.2) is 0 Å². The van der Waals surface area contributed by atoms with Gasteiger partial charge in [-0.3, -0.25) is 9.78 Å². The van der Waals surface area contributed by atoms with Crippen LogP contribution in [0, 0.1) is 0 Å². The Morgan fingerprint density at radius 3 is 2.48 bits per heavy atom. The summed E-state index contributed by atoms with van der Waals surface area (Å²) >= 11 is 0. The van der Waals surface area contributed by atoms with Gasteiger partial charge in [-0.15, -0.1) is 0 Å². The van der Waals surface area contributed by atoms with E-state index in [0.717, 1.165) is 16.9 Å². The number of amides is 1. The second-order valence-corrected chi connectivity index (χ2v) is 5.71. The van der Waals surface area contributed by atoms with Crippen LogP contribution in [0.25, 0.3) is 0 Å². The van der Waals surface area contributed by atoms with E-state index >= 15 is 0 Å². The molecule has 1 atom stereocenters. The maximum atomic E-state index is 12.3. The molecule has 3 rings (SSSR count). The number of hydrogen-bond acceptors (Lipinski definition) is 4. The van der Waals surface area contributed by atoms with Crippen molar-refractivity contribution >= 4 is 11.6 Å². The van der Waals surface area contributed by atoms with Crippen LogP contribution in [-0.2, 0) is 6.54 Å². The summed E-state index contributed by atoms with van der Waals surface area (Å²) in [5, 5.41) is 6.19. The summed E-state index contributed by atoms with van der Waals surface area (Å²) in [5.41, 5.74) is 3.25. The highest BCUT2D eigenvalue weighted by Crippen LogP contribution is 2.13. The number of nitrogens with one attached hydrogen (secondary N) is 2. The zero-order valence-electron chi connectivity index (χ0n) is 14.0. The van der Waals surface area contributed by atoms with Crippen molar-refractivity contribution in [3.63, 3.8) is 0 Å². The van der Waals surface area contributed by atoms with E-state index in [1.807, 2.05) is 61.5 Å². The third-order valence-corrected chi connectivity index (χ3v) is 3.84. The number of rotatable bonds is 6. The first kappa shape index (κ1) is 16.6. The summed E-state index contributed by atoms with van der Waals surface area (Å²) in [6.07, 6.45) is 3.42. The summed E-state index contributed by atoms with van der Waals surface area (Å²) in [6, 6.07) is 19.1. The molecule has 0 aliphatic rings. The fourth-order valence-corrected chi connectivity index (χ4v) is 2.42. The molecule has 2 N–H and O–H groups in total. The number of benzene rings is 1. The van der Waals surface area contributed by atoms with E-state index in [4.69, 9.17) is 0 Å². The molecule has 0 saturated heterocycles. The zero-order valence-corrected chi connectivity index (χ0v) is 14.0. The maximum Gasteiger partial charge on any atom is 0.270 e. The van der Waals surface area contributed by atoms with Gasteiger partial charge in [0.1, 0.15) is 5.69 Å². The van der Waals surface area contributed by atoms with Gasteiger partial charge in [-0.05, 0) is 36.8 Å². The Hall–Kier alpha value is -3.21. The Balaban J connectivity index is 1.57. The van der Waals surface area contributed by atoms with Crippen molar-refractivity contribution in [1.82, 2.24) is 15.3 Å². The van der Waals surface area contributed by atoms with Gasteiger partial charge in [-0.25, -0.2) is 4.98 Å². The van der Waals surface area contributed by atoms with Crippen molar-refractivity contribution in [2.45, 2.75) is 19.5 Å². The van der Waals surface area contributed by atoms with Crippen molar-refractivity contribution < 1.29 is 4.79 Å². The van der Waals surface area contributed by atoms with Crippen molar-refractivity contribution in [3.8, 4) is 0 Å². The highest BCUT2D eigenvalue weighted by Gasteiger charge is 2.12. The van der Waals surface area contributed by atoms with Crippen LogP contribution in [0.3, 0.4) is 0 Å². The molecule has 0 spiro atoms. The third-order valence-electron chi connectivity index (χ3n) is 3.84. The van der Waals surface area contributed by atoms with Crippen LogP contribution < -0.4 is 10.6 Å². The van der Waals surface area contributed by atoms with Gasteiger partial charge in [0.05, 0.1) is 30.2 Å². The summed E-state index contributed by atoms with van der Waals surface area (Å²) in [4.78, 5) is 20.8. The van der Waals surface area contributed by atoms with Crippen LogP contribution in [-0.4, -0.2) is 15.9 Å². The Labute approximate surface area is 147 Å². The molecule has 0 fully saturated rings. The van der Waals surface area contributed by atoms with Gasteiger partial charge in [-0.1, -0.05) is 36.4 Å². The molecule has 1 amide bonds. The van der Waals surface area contributed by atoms with E-state index in [1.165, 1.54) is 0 Å². The molecule has 0 bridgehead atoms. The molecule has 1 aromatic carbocycles. The zero-order chi connectivity index (χ0) is 17.5. The van der Waals surface area contributed by atoms with Crippen molar-refractivity contribution in [2.75, 3.05) is 5.32 Å². The monoisotopic (exact) mass is 332 g/mol. The van der Waals surface area contributed by atoms with E-state index in [0.29, 0.717) is 12.2 Å². The summed E-state index contributed by atoms with van der Waals surface area (Å²) < 4.78 is 0. The van der Waals surface area contributed by atoms with Crippen LogP contribution in [0.1, 0.15) is 34.7 Å². The Morgan fingerprint density at radius 1 is 1.00 bits per heavy atom. The number of pyridine rings is 2. The molecular weight excluding hydrogens is 312 g/mol. The van der Waals surface area contributed by atoms with Crippen molar-refractivity contribution in [2.24, 2.45) is 0 Å². The SMILES string of the molecule is CC(NC(=O)c1ccc(NCc2ccccn2)cn1)c1ccccc1. The summed E-state index contributed by atoms with van der Waals surface area (Å²) in [7, 11) is 0. The fourth-order valence-electron chi connectivity index (χ4n) is 2.42. The molecule has 1 unspecified atom stereocenters. The topological polar surface area (TPSA) is 66.9 Å². The molecule has 2 aromatic heterocycles. The molecule has 5 nitrogen and oxygen atoms in total. The number of anilines is 1. The molecule has 0 aliphatic carbocycles. The van der Waals surface area contributed by atoms with Gasteiger partial charge in [0, 0.05) is 6.20 Å². The van der Waals surface area contributed by atoms with Gasteiger partial charge in [0.2, 0.25) is 0 Å². The number of aromatic nitrogens is 2. The number of hydrogen-bond donors (Lipinski definition) is 2. The average molecular weight is 332 g/mol. The molecule has 5 heteroatoms. The van der Waals surface area contributed by atoms with Crippen LogP contribution in [0.4, 0.5) is 5.69 Å². The van der Waals surface area contributed by atoms with Crippen LogP contribution >= 0.6 is 0 Å². The quantitative estimate of drug-likeness (QED) is 0.724. The normalized spacial score (nSPS) is 11.6. The molecular formula is C20H20N4O. The molecule has 25 heavy (non-hydrogen) atoms. The van der Waals surface area contributed by atoms with Crippen molar-refractivity contribution in [1.29, 1.82) is 0 Å². The first-order chi connectivity index (χ1) is 12.2. The van der Waals surface area contributed by atoms with E-state index in [2.05, 4.69) is 20.6 Å². The second-order valence-electron chi connectivity index (χ2n) is 5.71. The minimum absolute atomic E-state index is 0.0718. The first-order valence-electron chi connectivity index (χ1n) is 8.18. The largest absolute Gasteiger partial charge is 0.378 e. The second kappa shape index (κ2) is 8.06. The summed E-state index contributed by atoms with van der Waals surface area (Å²) in [5.74, 6) is -0.187. The Morgan fingerprint density at radius 2 is 1.80 bits per heavy atom. The van der Waals surface area contributed by atoms with Crippen molar-refractivity contribution in [3.05, 3.63) is 90.0 Å². The van der Waals surface area contributed by atoms with E-state index in [1.54, 1.807) is 18.5 Å². The van der Waals surface area contributed by atoms with Gasteiger partial charge in [0.25, 0.3) is 5.91 Å². The lowest BCUT2D eigenvalue weighted by Crippen LogP contribution is -2.27. The molecule has 3 aromatic rings. The Kier molecular flexibility index (Phi) is 5.36. The van der Waals surface area contributed by atoms with Gasteiger partial charge >= 0.3 is 0 Å². The highest BCUT2D eigenvalue weighted by molar-refractivity contribution is 5.92. The van der Waals surface area contributed by atoms with E-state index in [9.17, 15) is 4.79 Å². The third kappa shape index (κ3) is 4.64. The minimum atomic E-state index is -0.187. The smallest absolute Gasteiger partial charge is 0.270 e. The first-order valence-corrected chi connectivity index (χ1v) is 8.18. The minimum Gasteiger partial charge on any atom is -0.378 e. The Bertz CT molecular complexity index is 804. The standard InChI is InChI=1S/C20H20N4O/c1-15(16-7-3-2-4-8-16)24-20(25)19-11-10-18(14-23-19)22-13-17-9-5-6-12-21-17/h2-12,14-15,22H,13H2,1H3,(H,24,25). The van der Waals surface area contributed by atoms with Crippen LogP contribution in [0.15, 0.2) is 73.1 Å². The molecule has 126 valence electrons. The van der Waals surface area contributed by atoms with E-state index < -0.39 is 0 Å². The predicted octanol–water partition coefficient (Wildman–Crippen LogP) is 3.58. The lowest BCUT2D eigenvalue weighted by Gasteiger charge is -2.14. The number of nitrogens with zero attached hydrogens (tertiary/aromatic N) is 2. The number of carbonyl (C=O) groups is 1. The van der Waals surface area contributed by atoms with Crippen LogP contribution in [0.2, 0.25) is 0 Å². The van der Waals surface area contributed by atoms with E-state index in [-0.39, 0.29) is 11.9 Å². The molecule has 0 saturated carbocycles. The molecule has 0 aliphatic heterocycles. The summed E-state index contributed by atoms with van der Waals surface area (Å²) in [6.45, 7) is 2.56. The van der Waals surface area contributed by atoms with Gasteiger partial charge in [-0.2, -0.15) is 0 Å². The highest BCUT2D eigenvalue weighted by atomic mass is 16.1. The van der Waals surface area contributed by atoms with Crippen LogP contribution in [0.5, 0.6) is 0 Å². The lowest BCUT2D eigenvalue weighted by atomic mass is 10.1. The molecule has 2 heterocycles. The number of carbonyl (C=O) groups excluding carboxylic acids is 1. The predicted molar refractivity (Wildman–Crippen MR) is 98.1 cm³/mol. The fraction of sp³-hybridized carbons (Fsp3) is 0.150. The molecule has 0 radical (unpaired) electrons. The van der Waals surface area contributed by atoms with Gasteiger partial charge < -0.3 is 10.6 Å². The maximum absolute atomic E-state index is 12.3. The lowest BCUT2D eigenvalue weighted by molar-refractivity contribution is 0.0935. The average Bonchev–Trinajstić information content (AvgIpc) is 2.68.